The molecule has 3 aromatic carbocycles. The summed E-state index contributed by atoms with van der Waals surface area (Å²) in [7, 11) is 0. The van der Waals surface area contributed by atoms with Crippen LogP contribution in [0.4, 0.5) is 0 Å². The van der Waals surface area contributed by atoms with Gasteiger partial charge in [-0.3, -0.25) is 0 Å². The highest BCUT2D eigenvalue weighted by atomic mass is 14.6. The molecule has 0 saturated heterocycles. The Morgan fingerprint density at radius 3 is 1.66 bits per heavy atom. The summed E-state index contributed by atoms with van der Waals surface area (Å²) in [5.74, 6) is 3.37. The van der Waals surface area contributed by atoms with Crippen LogP contribution in [0.1, 0.15) is 156 Å². The molecule has 4 unspecified atom stereocenters. The van der Waals surface area contributed by atoms with Crippen molar-refractivity contribution in [2.45, 2.75) is 132 Å². The van der Waals surface area contributed by atoms with E-state index >= 15 is 0 Å². The second-order valence-corrected chi connectivity index (χ2v) is 19.5. The Bertz CT molecular complexity index is 2120. The standard InChI is InChI=1S/C53H64/c1-29(2)48-30(3)26-52(13)28-51(12)27-47-40(25-46-34(7)43-21-17-18-22-44(43)35(46)8)23-39(24-45-32(5)41-19-15-16-20-42(41)33(45)6)31(4)49(47)36(9)50(51)38(11)53(52,14)37(48)10/h15-23,32-35,45-46H,1,9-10,24-28H2,2-8,11-14H3/t32?,33?,34?,35?,45?,46?,51-,52+,53-/m1/s1. The summed E-state index contributed by atoms with van der Waals surface area (Å²) in [5, 5.41) is 0. The van der Waals surface area contributed by atoms with Crippen molar-refractivity contribution in [2.24, 2.45) is 28.1 Å². The molecule has 0 nitrogen and oxygen atoms in total. The second kappa shape index (κ2) is 12.2. The van der Waals surface area contributed by atoms with Gasteiger partial charge in [0.15, 0.2) is 0 Å². The van der Waals surface area contributed by atoms with Gasteiger partial charge in [0.2, 0.25) is 0 Å². The number of hydrogen-bond donors (Lipinski definition) is 0. The first-order valence-corrected chi connectivity index (χ1v) is 20.7. The van der Waals surface area contributed by atoms with Crippen LogP contribution in [0.5, 0.6) is 0 Å². The molecule has 0 heterocycles. The number of benzene rings is 3. The second-order valence-electron chi connectivity index (χ2n) is 19.5. The molecular weight excluding hydrogens is 637 g/mol. The average molecular weight is 701 g/mol. The third-order valence-corrected chi connectivity index (χ3v) is 16.6. The fourth-order valence-corrected chi connectivity index (χ4v) is 13.8. The Hall–Kier alpha value is -3.64. The largest absolute Gasteiger partial charge is 0.0955 e. The molecule has 3 aromatic rings. The van der Waals surface area contributed by atoms with Crippen molar-refractivity contribution in [1.29, 1.82) is 0 Å². The quantitative estimate of drug-likeness (QED) is 0.249. The summed E-state index contributed by atoms with van der Waals surface area (Å²) in [6.07, 6.45) is 5.55. The zero-order chi connectivity index (χ0) is 38.1. The summed E-state index contributed by atoms with van der Waals surface area (Å²) in [6, 6.07) is 21.2. The van der Waals surface area contributed by atoms with Crippen molar-refractivity contribution in [3.05, 3.63) is 158 Å². The van der Waals surface area contributed by atoms with Crippen LogP contribution in [0.15, 0.2) is 108 Å². The highest BCUT2D eigenvalue weighted by molar-refractivity contribution is 5.87. The molecule has 0 fully saturated rings. The van der Waals surface area contributed by atoms with Crippen LogP contribution >= 0.6 is 0 Å². The Balaban J connectivity index is 1.29. The summed E-state index contributed by atoms with van der Waals surface area (Å²) in [5.41, 5.74) is 23.3. The lowest BCUT2D eigenvalue weighted by atomic mass is 9.41. The van der Waals surface area contributed by atoms with Crippen LogP contribution in [0.3, 0.4) is 0 Å². The van der Waals surface area contributed by atoms with Crippen molar-refractivity contribution < 1.29 is 0 Å². The maximum atomic E-state index is 5.14. The van der Waals surface area contributed by atoms with Crippen LogP contribution in [0.2, 0.25) is 0 Å². The lowest BCUT2D eigenvalue weighted by Gasteiger charge is -2.62. The predicted octanol–water partition coefficient (Wildman–Crippen LogP) is 14.3. The fourth-order valence-electron chi connectivity index (χ4n) is 13.8. The normalized spacial score (nSPS) is 34.5. The minimum Gasteiger partial charge on any atom is -0.0955 e. The summed E-state index contributed by atoms with van der Waals surface area (Å²) >= 11 is 0. The van der Waals surface area contributed by atoms with Crippen LogP contribution in [-0.2, 0) is 19.3 Å². The molecule has 0 aliphatic heterocycles. The summed E-state index contributed by atoms with van der Waals surface area (Å²) < 4.78 is 0. The molecule has 0 spiro atoms. The molecule has 7 atom stereocenters. The van der Waals surface area contributed by atoms with Gasteiger partial charge in [-0.1, -0.05) is 140 Å². The molecule has 276 valence electrons. The van der Waals surface area contributed by atoms with Gasteiger partial charge in [-0.2, -0.15) is 0 Å². The third kappa shape index (κ3) is 4.92. The van der Waals surface area contributed by atoms with E-state index in [-0.39, 0.29) is 16.2 Å². The fraction of sp³-hybridized carbons (Fsp3) is 0.472. The van der Waals surface area contributed by atoms with Crippen LogP contribution in [0, 0.1) is 35.0 Å². The van der Waals surface area contributed by atoms with Crippen molar-refractivity contribution in [3.8, 4) is 0 Å². The van der Waals surface area contributed by atoms with Gasteiger partial charge in [-0.15, -0.1) is 0 Å². The van der Waals surface area contributed by atoms with Gasteiger partial charge < -0.3 is 0 Å². The minimum atomic E-state index is -0.147. The highest BCUT2D eigenvalue weighted by Crippen LogP contribution is 2.70. The number of rotatable bonds is 5. The summed E-state index contributed by atoms with van der Waals surface area (Å²) in [6.45, 7) is 41.5. The Morgan fingerprint density at radius 1 is 0.717 bits per heavy atom. The molecule has 8 rings (SSSR count). The minimum absolute atomic E-state index is 0.0123. The van der Waals surface area contributed by atoms with Gasteiger partial charge in [-0.25, -0.2) is 0 Å². The zero-order valence-electron chi connectivity index (χ0n) is 34.8. The molecule has 0 radical (unpaired) electrons. The number of allylic oxidation sites excluding steroid dienone is 7. The van der Waals surface area contributed by atoms with E-state index in [1.165, 1.54) is 44.6 Å². The van der Waals surface area contributed by atoms with Gasteiger partial charge >= 0.3 is 0 Å². The molecule has 0 amide bonds. The Morgan fingerprint density at radius 2 is 1.19 bits per heavy atom. The van der Waals surface area contributed by atoms with Crippen LogP contribution in [0.25, 0.3) is 5.57 Å². The lowest BCUT2D eigenvalue weighted by Crippen LogP contribution is -2.52. The topological polar surface area (TPSA) is 0 Å². The van der Waals surface area contributed by atoms with E-state index in [0.717, 1.165) is 37.7 Å². The molecule has 53 heavy (non-hydrogen) atoms. The van der Waals surface area contributed by atoms with E-state index in [1.54, 1.807) is 38.9 Å². The van der Waals surface area contributed by atoms with Crippen LogP contribution < -0.4 is 0 Å². The van der Waals surface area contributed by atoms with Crippen molar-refractivity contribution >= 4 is 5.57 Å². The first-order valence-electron chi connectivity index (χ1n) is 20.7. The van der Waals surface area contributed by atoms with E-state index in [1.807, 2.05) is 0 Å². The zero-order valence-corrected chi connectivity index (χ0v) is 34.8. The molecule has 5 aliphatic carbocycles. The molecule has 0 N–H and O–H groups in total. The van der Waals surface area contributed by atoms with Gasteiger partial charge in [0, 0.05) is 5.41 Å². The van der Waals surface area contributed by atoms with Gasteiger partial charge in [0.1, 0.15) is 0 Å². The number of fused-ring (bicyclic) bond motifs is 5. The smallest absolute Gasteiger partial charge is 0.0194 e. The average Bonchev–Trinajstić information content (AvgIpc) is 3.48. The highest BCUT2D eigenvalue weighted by Gasteiger charge is 2.60. The Kier molecular flexibility index (Phi) is 8.35. The molecule has 0 bridgehead atoms. The first-order chi connectivity index (χ1) is 24.9. The Labute approximate surface area is 322 Å². The monoisotopic (exact) mass is 701 g/mol. The van der Waals surface area contributed by atoms with Gasteiger partial charge in [0.05, 0.1) is 0 Å². The van der Waals surface area contributed by atoms with Gasteiger partial charge in [-0.05, 0) is 178 Å². The molecule has 5 aliphatic rings. The molecular formula is C53H64. The van der Waals surface area contributed by atoms with Crippen molar-refractivity contribution in [2.75, 3.05) is 0 Å². The maximum absolute atomic E-state index is 5.14. The molecule has 0 heteroatoms. The SMILES string of the molecule is C=C(C)C1=C(C)C[C@@]2(C)C[C@@]3(C)Cc4c(CC5C(C)c6ccccc6C5C)cc(CC5C(C)c6ccccc6C5C)c(C)c4C(=C)C3=C(C)[C@@]2(C)C1=C. The summed E-state index contributed by atoms with van der Waals surface area (Å²) in [4.78, 5) is 0. The van der Waals surface area contributed by atoms with Crippen LogP contribution in [-0.4, -0.2) is 0 Å². The van der Waals surface area contributed by atoms with E-state index in [0.29, 0.717) is 35.5 Å². The third-order valence-electron chi connectivity index (χ3n) is 16.6. The van der Waals surface area contributed by atoms with E-state index in [2.05, 4.69) is 137 Å². The van der Waals surface area contributed by atoms with Gasteiger partial charge in [0.25, 0.3) is 0 Å². The molecule has 0 aromatic heterocycles. The van der Waals surface area contributed by atoms with Crippen molar-refractivity contribution in [3.63, 3.8) is 0 Å². The lowest BCUT2D eigenvalue weighted by molar-refractivity contribution is 0.0543. The maximum Gasteiger partial charge on any atom is 0.0194 e. The van der Waals surface area contributed by atoms with Crippen molar-refractivity contribution in [1.82, 2.24) is 0 Å². The van der Waals surface area contributed by atoms with E-state index in [9.17, 15) is 0 Å². The molecule has 0 saturated carbocycles. The number of hydrogen-bond acceptors (Lipinski definition) is 0. The first kappa shape index (κ1) is 36.3. The van der Waals surface area contributed by atoms with E-state index in [4.69, 9.17) is 13.2 Å². The van der Waals surface area contributed by atoms with E-state index < -0.39 is 0 Å². The predicted molar refractivity (Wildman–Crippen MR) is 228 cm³/mol.